The normalized spacial score (nSPS) is 11.3. The molecule has 30 heavy (non-hydrogen) atoms. The standard InChI is InChI=1S/C25H19FO3S/c1-3-4-16-5-9-19(10-6-16)29-24-21-12-8-18(27)14-22(21)30-25(24)23(28)20-11-7-17(26)13-15(20)2/h3-14,27H,1-2H3/b4-3+. The first-order chi connectivity index (χ1) is 14.5. The number of thiophene rings is 1. The highest BCUT2D eigenvalue weighted by Crippen LogP contribution is 2.43. The van der Waals surface area contributed by atoms with E-state index in [1.54, 1.807) is 25.1 Å². The third kappa shape index (κ3) is 3.84. The van der Waals surface area contributed by atoms with Crippen LogP contribution in [0, 0.1) is 12.7 Å². The summed E-state index contributed by atoms with van der Waals surface area (Å²) in [6.07, 6.45) is 3.94. The van der Waals surface area contributed by atoms with Crippen molar-refractivity contribution in [3.8, 4) is 17.2 Å². The van der Waals surface area contributed by atoms with E-state index >= 15 is 0 Å². The maximum Gasteiger partial charge on any atom is 0.207 e. The SMILES string of the molecule is C/C=C/c1ccc(Oc2c(C(=O)c3ccc(F)cc3C)sc3cc(O)ccc23)cc1. The van der Waals surface area contributed by atoms with Crippen LogP contribution in [0.1, 0.15) is 33.3 Å². The van der Waals surface area contributed by atoms with Gasteiger partial charge in [0.1, 0.15) is 22.2 Å². The number of ketones is 1. The lowest BCUT2D eigenvalue weighted by Crippen LogP contribution is -2.03. The molecule has 1 N–H and O–H groups in total. The van der Waals surface area contributed by atoms with E-state index in [-0.39, 0.29) is 17.3 Å². The Labute approximate surface area is 177 Å². The zero-order valence-electron chi connectivity index (χ0n) is 16.5. The van der Waals surface area contributed by atoms with Crippen molar-refractivity contribution in [1.29, 1.82) is 0 Å². The largest absolute Gasteiger partial charge is 0.508 e. The molecule has 0 unspecified atom stereocenters. The van der Waals surface area contributed by atoms with Crippen molar-refractivity contribution in [3.63, 3.8) is 0 Å². The lowest BCUT2D eigenvalue weighted by molar-refractivity contribution is 0.104. The smallest absolute Gasteiger partial charge is 0.207 e. The topological polar surface area (TPSA) is 46.5 Å². The Morgan fingerprint density at radius 2 is 1.83 bits per heavy atom. The van der Waals surface area contributed by atoms with Crippen molar-refractivity contribution in [3.05, 3.63) is 94.1 Å². The molecule has 0 aliphatic rings. The second-order valence-corrected chi connectivity index (χ2v) is 7.95. The number of fused-ring (bicyclic) bond motifs is 1. The number of halogens is 1. The van der Waals surface area contributed by atoms with Crippen molar-refractivity contribution in [1.82, 2.24) is 0 Å². The van der Waals surface area contributed by atoms with Gasteiger partial charge in [0.25, 0.3) is 0 Å². The van der Waals surface area contributed by atoms with Gasteiger partial charge in [0.2, 0.25) is 5.78 Å². The van der Waals surface area contributed by atoms with Crippen LogP contribution in [0.15, 0.2) is 66.7 Å². The molecule has 5 heteroatoms. The molecule has 3 aromatic carbocycles. The van der Waals surface area contributed by atoms with Crippen LogP contribution in [-0.4, -0.2) is 10.9 Å². The van der Waals surface area contributed by atoms with E-state index in [1.807, 2.05) is 43.3 Å². The number of aryl methyl sites for hydroxylation is 1. The molecule has 0 aliphatic carbocycles. The summed E-state index contributed by atoms with van der Waals surface area (Å²) in [5.74, 6) is 0.517. The maximum atomic E-state index is 13.5. The zero-order chi connectivity index (χ0) is 21.3. The lowest BCUT2D eigenvalue weighted by atomic mass is 10.0. The molecule has 0 amide bonds. The van der Waals surface area contributed by atoms with Gasteiger partial charge in [-0.05, 0) is 73.5 Å². The summed E-state index contributed by atoms with van der Waals surface area (Å²) in [4.78, 5) is 13.7. The fraction of sp³-hybridized carbons (Fsp3) is 0.0800. The van der Waals surface area contributed by atoms with Gasteiger partial charge in [0.05, 0.1) is 0 Å². The Kier molecular flexibility index (Phi) is 5.38. The van der Waals surface area contributed by atoms with E-state index in [0.717, 1.165) is 15.6 Å². The Hall–Kier alpha value is -3.44. The Balaban J connectivity index is 1.81. The van der Waals surface area contributed by atoms with Gasteiger partial charge in [-0.25, -0.2) is 4.39 Å². The summed E-state index contributed by atoms with van der Waals surface area (Å²) in [7, 11) is 0. The molecule has 1 heterocycles. The summed E-state index contributed by atoms with van der Waals surface area (Å²) in [6.45, 7) is 3.66. The molecule has 3 nitrogen and oxygen atoms in total. The summed E-state index contributed by atoms with van der Waals surface area (Å²) in [6, 6.07) is 16.6. The van der Waals surface area contributed by atoms with E-state index in [2.05, 4.69) is 0 Å². The lowest BCUT2D eigenvalue weighted by Gasteiger charge is -2.09. The minimum absolute atomic E-state index is 0.114. The van der Waals surface area contributed by atoms with Gasteiger partial charge in [-0.1, -0.05) is 24.3 Å². The molecule has 0 saturated carbocycles. The first kappa shape index (κ1) is 19.9. The van der Waals surface area contributed by atoms with Crippen LogP contribution in [0.5, 0.6) is 17.2 Å². The Morgan fingerprint density at radius 1 is 1.07 bits per heavy atom. The number of phenols is 1. The van der Waals surface area contributed by atoms with Gasteiger partial charge < -0.3 is 9.84 Å². The highest BCUT2D eigenvalue weighted by atomic mass is 32.1. The molecular weight excluding hydrogens is 399 g/mol. The molecule has 150 valence electrons. The quantitative estimate of drug-likeness (QED) is 0.351. The predicted molar refractivity (Wildman–Crippen MR) is 119 cm³/mol. The van der Waals surface area contributed by atoms with Gasteiger partial charge in [-0.15, -0.1) is 11.3 Å². The van der Waals surface area contributed by atoms with E-state index < -0.39 is 0 Å². The summed E-state index contributed by atoms with van der Waals surface area (Å²) >= 11 is 1.24. The number of hydrogen-bond acceptors (Lipinski definition) is 4. The molecular formula is C25H19FO3S. The number of rotatable bonds is 5. The predicted octanol–water partition coefficient (Wildman–Crippen LogP) is 7.11. The second kappa shape index (κ2) is 8.13. The van der Waals surface area contributed by atoms with E-state index in [1.165, 1.54) is 29.5 Å². The number of allylic oxidation sites excluding steroid dienone is 1. The average molecular weight is 418 g/mol. The van der Waals surface area contributed by atoms with Crippen LogP contribution in [0.2, 0.25) is 0 Å². The van der Waals surface area contributed by atoms with Crippen LogP contribution < -0.4 is 4.74 Å². The number of carbonyl (C=O) groups is 1. The third-order valence-electron chi connectivity index (χ3n) is 4.73. The van der Waals surface area contributed by atoms with E-state index in [0.29, 0.717) is 27.5 Å². The monoisotopic (exact) mass is 418 g/mol. The molecule has 0 aliphatic heterocycles. The van der Waals surface area contributed by atoms with Crippen LogP contribution in [-0.2, 0) is 0 Å². The fourth-order valence-corrected chi connectivity index (χ4v) is 4.39. The van der Waals surface area contributed by atoms with Crippen molar-refractivity contribution in [2.24, 2.45) is 0 Å². The molecule has 0 spiro atoms. The molecule has 4 rings (SSSR count). The minimum Gasteiger partial charge on any atom is -0.508 e. The van der Waals surface area contributed by atoms with Gasteiger partial charge in [-0.3, -0.25) is 4.79 Å². The van der Waals surface area contributed by atoms with Crippen molar-refractivity contribution in [2.75, 3.05) is 0 Å². The number of benzene rings is 3. The zero-order valence-corrected chi connectivity index (χ0v) is 17.3. The van der Waals surface area contributed by atoms with E-state index in [9.17, 15) is 14.3 Å². The molecule has 0 fully saturated rings. The van der Waals surface area contributed by atoms with Crippen LogP contribution in [0.3, 0.4) is 0 Å². The summed E-state index contributed by atoms with van der Waals surface area (Å²) < 4.78 is 20.4. The van der Waals surface area contributed by atoms with Gasteiger partial charge in [0.15, 0.2) is 5.75 Å². The van der Waals surface area contributed by atoms with Gasteiger partial charge >= 0.3 is 0 Å². The molecule has 0 bridgehead atoms. The van der Waals surface area contributed by atoms with E-state index in [4.69, 9.17) is 4.74 Å². The summed E-state index contributed by atoms with van der Waals surface area (Å²) in [5, 5.41) is 10.6. The molecule has 0 saturated heterocycles. The highest BCUT2D eigenvalue weighted by molar-refractivity contribution is 7.21. The second-order valence-electron chi connectivity index (χ2n) is 6.90. The summed E-state index contributed by atoms with van der Waals surface area (Å²) in [5.41, 5.74) is 2.02. The van der Waals surface area contributed by atoms with Gasteiger partial charge in [-0.2, -0.15) is 0 Å². The molecule has 4 aromatic rings. The first-order valence-corrected chi connectivity index (χ1v) is 10.2. The third-order valence-corrected chi connectivity index (χ3v) is 5.86. The highest BCUT2D eigenvalue weighted by Gasteiger charge is 2.23. The number of hydrogen-bond donors (Lipinski definition) is 1. The number of aromatic hydroxyl groups is 1. The molecule has 1 aromatic heterocycles. The average Bonchev–Trinajstić information content (AvgIpc) is 3.06. The maximum absolute atomic E-state index is 13.5. The van der Waals surface area contributed by atoms with Crippen molar-refractivity contribution in [2.45, 2.75) is 13.8 Å². The Bertz CT molecular complexity index is 1270. The minimum atomic E-state index is -0.386. The van der Waals surface area contributed by atoms with Crippen LogP contribution in [0.4, 0.5) is 4.39 Å². The number of carbonyl (C=O) groups excluding carboxylic acids is 1. The number of ether oxygens (including phenoxy) is 1. The Morgan fingerprint density at radius 3 is 2.53 bits per heavy atom. The van der Waals surface area contributed by atoms with Crippen LogP contribution >= 0.6 is 11.3 Å². The van der Waals surface area contributed by atoms with Crippen LogP contribution in [0.25, 0.3) is 16.2 Å². The first-order valence-electron chi connectivity index (χ1n) is 9.43. The number of phenolic OH excluding ortho intramolecular Hbond substituents is 1. The fourth-order valence-electron chi connectivity index (χ4n) is 3.27. The van der Waals surface area contributed by atoms with Crippen molar-refractivity contribution >= 4 is 33.3 Å². The molecule has 0 radical (unpaired) electrons. The van der Waals surface area contributed by atoms with Gasteiger partial charge in [0, 0.05) is 15.6 Å². The molecule has 0 atom stereocenters. The van der Waals surface area contributed by atoms with Crippen molar-refractivity contribution < 1.29 is 19.0 Å².